The molecule has 7 heteroatoms. The smallest absolute Gasteiger partial charge is 0.255 e. The van der Waals surface area contributed by atoms with Gasteiger partial charge in [-0.1, -0.05) is 0 Å². The molecule has 112 valence electrons. The minimum Gasteiger partial charge on any atom is -0.504 e. The summed E-state index contributed by atoms with van der Waals surface area (Å²) in [6, 6.07) is 1.43. The van der Waals surface area contributed by atoms with E-state index in [2.05, 4.69) is 5.32 Å². The number of carbonyl (C=O) groups excluding carboxylic acids is 1. The molecule has 0 bridgehead atoms. The predicted octanol–water partition coefficient (Wildman–Crippen LogP) is -0.168. The summed E-state index contributed by atoms with van der Waals surface area (Å²) >= 11 is 0. The summed E-state index contributed by atoms with van der Waals surface area (Å²) in [5.74, 6) is -0.210. The predicted molar refractivity (Wildman–Crippen MR) is 69.5 cm³/mol. The SMILES string of the molecule is O=C1N[C@H]2C[C@H](O)[C@@H](O)C[C@@H]2c2cc3c(c(O)c21)OCO3. The number of fused-ring (bicyclic) bond motifs is 4. The lowest BCUT2D eigenvalue weighted by molar-refractivity contribution is -0.0260. The highest BCUT2D eigenvalue weighted by molar-refractivity contribution is 6.01. The molecule has 0 unspecified atom stereocenters. The largest absolute Gasteiger partial charge is 0.504 e. The van der Waals surface area contributed by atoms with Crippen LogP contribution in [0.15, 0.2) is 6.07 Å². The van der Waals surface area contributed by atoms with Crippen molar-refractivity contribution in [3.8, 4) is 17.2 Å². The van der Waals surface area contributed by atoms with Crippen LogP contribution in [-0.4, -0.2) is 46.3 Å². The topological polar surface area (TPSA) is 108 Å². The molecule has 2 aliphatic heterocycles. The summed E-state index contributed by atoms with van der Waals surface area (Å²) in [4.78, 5) is 12.2. The maximum Gasteiger partial charge on any atom is 0.255 e. The van der Waals surface area contributed by atoms with Gasteiger partial charge in [-0.25, -0.2) is 0 Å². The van der Waals surface area contributed by atoms with Gasteiger partial charge in [0.1, 0.15) is 0 Å². The van der Waals surface area contributed by atoms with Gasteiger partial charge < -0.3 is 30.1 Å². The van der Waals surface area contributed by atoms with Crippen LogP contribution in [0.5, 0.6) is 17.2 Å². The lowest BCUT2D eigenvalue weighted by Gasteiger charge is -2.41. The third-order valence-electron chi connectivity index (χ3n) is 4.53. The minimum atomic E-state index is -0.851. The van der Waals surface area contributed by atoms with Crippen LogP contribution in [0.25, 0.3) is 0 Å². The second-order valence-electron chi connectivity index (χ2n) is 5.72. The highest BCUT2D eigenvalue weighted by atomic mass is 16.7. The second kappa shape index (κ2) is 4.25. The molecule has 4 rings (SSSR count). The van der Waals surface area contributed by atoms with Crippen molar-refractivity contribution in [2.45, 2.75) is 37.0 Å². The van der Waals surface area contributed by atoms with E-state index in [1.165, 1.54) is 0 Å². The number of benzene rings is 1. The highest BCUT2D eigenvalue weighted by Crippen LogP contribution is 2.49. The van der Waals surface area contributed by atoms with E-state index < -0.39 is 18.1 Å². The standard InChI is InChI=1S/C14H15NO6/c16-8-1-5-6-2-10-13(21-4-20-10)12(18)11(6)14(19)15-7(5)3-9(8)17/h2,5,7-9,16-18H,1,3-4H2,(H,15,19)/t5-,7+,8+,9+/m1/s1. The average Bonchev–Trinajstić information content (AvgIpc) is 2.90. The fraction of sp³-hybridized carbons (Fsp3) is 0.500. The Bertz CT molecular complexity index is 630. The summed E-state index contributed by atoms with van der Waals surface area (Å²) < 4.78 is 10.5. The lowest BCUT2D eigenvalue weighted by atomic mass is 9.73. The fourth-order valence-electron chi connectivity index (χ4n) is 3.48. The number of hydrogen-bond acceptors (Lipinski definition) is 6. The molecule has 1 saturated carbocycles. The van der Waals surface area contributed by atoms with E-state index in [-0.39, 0.29) is 42.2 Å². The number of nitrogens with one attached hydrogen (secondary N) is 1. The Hall–Kier alpha value is -1.99. The maximum atomic E-state index is 12.2. The number of aliphatic hydroxyl groups is 2. The second-order valence-corrected chi connectivity index (χ2v) is 5.72. The number of aliphatic hydroxyl groups excluding tert-OH is 2. The van der Waals surface area contributed by atoms with Gasteiger partial charge in [0.2, 0.25) is 12.5 Å². The van der Waals surface area contributed by atoms with Crippen LogP contribution in [0.3, 0.4) is 0 Å². The van der Waals surface area contributed by atoms with Crippen molar-refractivity contribution in [1.82, 2.24) is 5.32 Å². The van der Waals surface area contributed by atoms with Crippen molar-refractivity contribution >= 4 is 5.91 Å². The zero-order chi connectivity index (χ0) is 14.7. The number of carbonyl (C=O) groups is 1. The number of phenols is 1. The summed E-state index contributed by atoms with van der Waals surface area (Å²) in [5.41, 5.74) is 0.806. The van der Waals surface area contributed by atoms with Crippen molar-refractivity contribution in [2.24, 2.45) is 0 Å². The number of ether oxygens (including phenoxy) is 2. The molecule has 1 fully saturated rings. The highest BCUT2D eigenvalue weighted by Gasteiger charge is 2.44. The first kappa shape index (κ1) is 12.7. The number of phenolic OH excluding ortho intramolecular Hbond substituents is 1. The molecular weight excluding hydrogens is 278 g/mol. The van der Waals surface area contributed by atoms with E-state index in [9.17, 15) is 20.1 Å². The van der Waals surface area contributed by atoms with Gasteiger partial charge in [-0.3, -0.25) is 4.79 Å². The van der Waals surface area contributed by atoms with Gasteiger partial charge in [0.25, 0.3) is 5.91 Å². The number of amides is 1. The molecule has 4 N–H and O–H groups in total. The van der Waals surface area contributed by atoms with Gasteiger partial charge in [0.05, 0.1) is 17.8 Å². The van der Waals surface area contributed by atoms with Crippen LogP contribution in [0, 0.1) is 0 Å². The van der Waals surface area contributed by atoms with Gasteiger partial charge >= 0.3 is 0 Å². The van der Waals surface area contributed by atoms with Crippen molar-refractivity contribution in [2.75, 3.05) is 6.79 Å². The van der Waals surface area contributed by atoms with E-state index in [0.717, 1.165) is 0 Å². The summed E-state index contributed by atoms with van der Waals surface area (Å²) in [7, 11) is 0. The number of aromatic hydroxyl groups is 1. The molecule has 1 aromatic rings. The summed E-state index contributed by atoms with van der Waals surface area (Å²) in [6.07, 6.45) is -1.10. The Kier molecular flexibility index (Phi) is 2.58. The molecule has 1 amide bonds. The third kappa shape index (κ3) is 1.71. The van der Waals surface area contributed by atoms with Gasteiger partial charge in [0.15, 0.2) is 11.5 Å². The lowest BCUT2D eigenvalue weighted by Crippen LogP contribution is -2.52. The molecule has 3 aliphatic rings. The molecule has 0 aromatic heterocycles. The van der Waals surface area contributed by atoms with Gasteiger partial charge in [-0.15, -0.1) is 0 Å². The first-order valence-corrected chi connectivity index (χ1v) is 6.88. The molecule has 2 heterocycles. The van der Waals surface area contributed by atoms with Crippen molar-refractivity contribution in [3.05, 3.63) is 17.2 Å². The first-order valence-electron chi connectivity index (χ1n) is 6.88. The van der Waals surface area contributed by atoms with Crippen LogP contribution in [0.1, 0.15) is 34.7 Å². The third-order valence-corrected chi connectivity index (χ3v) is 4.53. The molecule has 1 aliphatic carbocycles. The normalized spacial score (nSPS) is 33.1. The Morgan fingerprint density at radius 3 is 2.76 bits per heavy atom. The molecule has 0 saturated heterocycles. The maximum absolute atomic E-state index is 12.2. The van der Waals surface area contributed by atoms with E-state index in [1.54, 1.807) is 6.07 Å². The Morgan fingerprint density at radius 1 is 1.19 bits per heavy atom. The van der Waals surface area contributed by atoms with Crippen LogP contribution < -0.4 is 14.8 Å². The Balaban J connectivity index is 1.85. The summed E-state index contributed by atoms with van der Waals surface area (Å²) in [6.45, 7) is 0.00282. The van der Waals surface area contributed by atoms with E-state index >= 15 is 0 Å². The fourth-order valence-corrected chi connectivity index (χ4v) is 3.48. The summed E-state index contributed by atoms with van der Waals surface area (Å²) in [5, 5.41) is 32.7. The van der Waals surface area contributed by atoms with Gasteiger partial charge in [-0.2, -0.15) is 0 Å². The Morgan fingerprint density at radius 2 is 1.95 bits per heavy atom. The van der Waals surface area contributed by atoms with Crippen molar-refractivity contribution in [1.29, 1.82) is 0 Å². The zero-order valence-corrected chi connectivity index (χ0v) is 11.1. The van der Waals surface area contributed by atoms with Crippen LogP contribution >= 0.6 is 0 Å². The zero-order valence-electron chi connectivity index (χ0n) is 11.1. The Labute approximate surface area is 120 Å². The number of rotatable bonds is 0. The molecule has 4 atom stereocenters. The first-order chi connectivity index (χ1) is 10.1. The van der Waals surface area contributed by atoms with Crippen molar-refractivity contribution in [3.63, 3.8) is 0 Å². The van der Waals surface area contributed by atoms with E-state index in [1.807, 2.05) is 0 Å². The molecule has 7 nitrogen and oxygen atoms in total. The van der Waals surface area contributed by atoms with Crippen molar-refractivity contribution < 1.29 is 29.6 Å². The van der Waals surface area contributed by atoms with Gasteiger partial charge in [0, 0.05) is 12.0 Å². The number of hydrogen-bond donors (Lipinski definition) is 4. The molecular formula is C14H15NO6. The monoisotopic (exact) mass is 293 g/mol. The van der Waals surface area contributed by atoms with Crippen LogP contribution in [0.4, 0.5) is 0 Å². The van der Waals surface area contributed by atoms with Crippen LogP contribution in [0.2, 0.25) is 0 Å². The molecule has 1 aromatic carbocycles. The quantitative estimate of drug-likeness (QED) is 0.529. The molecule has 21 heavy (non-hydrogen) atoms. The molecule has 0 radical (unpaired) electrons. The molecule has 0 spiro atoms. The average molecular weight is 293 g/mol. The van der Waals surface area contributed by atoms with Crippen LogP contribution in [-0.2, 0) is 0 Å². The van der Waals surface area contributed by atoms with E-state index in [4.69, 9.17) is 9.47 Å². The van der Waals surface area contributed by atoms with Gasteiger partial charge in [-0.05, 0) is 24.5 Å². The minimum absolute atomic E-state index is 0.00282. The van der Waals surface area contributed by atoms with E-state index in [0.29, 0.717) is 17.7 Å².